The first kappa shape index (κ1) is 14.9. The fraction of sp³-hybridized carbons (Fsp3) is 0.588. The summed E-state index contributed by atoms with van der Waals surface area (Å²) in [6, 6.07) is 8.57. The molecule has 0 spiro atoms. The van der Waals surface area contributed by atoms with Gasteiger partial charge in [0.1, 0.15) is 0 Å². The third kappa shape index (κ3) is 3.24. The van der Waals surface area contributed by atoms with Gasteiger partial charge in [-0.15, -0.1) is 0 Å². The van der Waals surface area contributed by atoms with Crippen LogP contribution < -0.4 is 5.73 Å². The SMILES string of the molecule is CC(c1ccc(Cl)cc1)N(C(=O)C1CCC(N)C1)C1CC1. The molecule has 0 aliphatic heterocycles. The molecule has 3 unspecified atom stereocenters. The van der Waals surface area contributed by atoms with E-state index in [1.807, 2.05) is 24.3 Å². The molecule has 21 heavy (non-hydrogen) atoms. The van der Waals surface area contributed by atoms with Crippen molar-refractivity contribution in [1.82, 2.24) is 4.90 Å². The molecule has 0 heterocycles. The normalized spacial score (nSPS) is 26.6. The van der Waals surface area contributed by atoms with E-state index in [4.69, 9.17) is 17.3 Å². The molecule has 3 atom stereocenters. The molecule has 0 aromatic heterocycles. The average molecular weight is 307 g/mol. The van der Waals surface area contributed by atoms with Gasteiger partial charge in [-0.25, -0.2) is 0 Å². The number of halogens is 1. The number of amides is 1. The van der Waals surface area contributed by atoms with Crippen LogP contribution in [0.15, 0.2) is 24.3 Å². The second-order valence-electron chi connectivity index (χ2n) is 6.47. The van der Waals surface area contributed by atoms with Crippen LogP contribution >= 0.6 is 11.6 Å². The molecule has 2 aliphatic carbocycles. The third-order valence-corrected chi connectivity index (χ3v) is 5.04. The van der Waals surface area contributed by atoms with Crippen molar-refractivity contribution in [3.8, 4) is 0 Å². The highest BCUT2D eigenvalue weighted by Gasteiger charge is 2.40. The number of hydrogen-bond acceptors (Lipinski definition) is 2. The molecule has 2 fully saturated rings. The van der Waals surface area contributed by atoms with Crippen LogP contribution in [0.2, 0.25) is 5.02 Å². The molecule has 3 nitrogen and oxygen atoms in total. The fourth-order valence-electron chi connectivity index (χ4n) is 3.39. The zero-order valence-corrected chi connectivity index (χ0v) is 13.2. The standard InChI is InChI=1S/C17H23ClN2O/c1-11(12-2-5-14(18)6-3-12)20(16-8-9-16)17(21)13-4-7-15(19)10-13/h2-3,5-6,11,13,15-16H,4,7-10,19H2,1H3. The van der Waals surface area contributed by atoms with E-state index in [1.54, 1.807) is 0 Å². The Morgan fingerprint density at radius 2 is 1.90 bits per heavy atom. The highest BCUT2D eigenvalue weighted by Crippen LogP contribution is 2.38. The van der Waals surface area contributed by atoms with Gasteiger partial charge in [0.25, 0.3) is 0 Å². The first-order valence-corrected chi connectivity index (χ1v) is 8.27. The molecular weight excluding hydrogens is 284 g/mol. The summed E-state index contributed by atoms with van der Waals surface area (Å²) >= 11 is 5.96. The molecule has 1 aromatic rings. The van der Waals surface area contributed by atoms with Crippen LogP contribution in [0.3, 0.4) is 0 Å². The molecule has 0 saturated heterocycles. The molecule has 114 valence electrons. The van der Waals surface area contributed by atoms with E-state index in [0.29, 0.717) is 11.9 Å². The number of nitrogens with zero attached hydrogens (tertiary/aromatic N) is 1. The van der Waals surface area contributed by atoms with Crippen LogP contribution in [0.25, 0.3) is 0 Å². The van der Waals surface area contributed by atoms with Gasteiger partial charge in [-0.05, 0) is 56.7 Å². The summed E-state index contributed by atoms with van der Waals surface area (Å²) in [6.07, 6.45) is 5.01. The van der Waals surface area contributed by atoms with Gasteiger partial charge in [-0.3, -0.25) is 4.79 Å². The van der Waals surface area contributed by atoms with Crippen LogP contribution in [-0.4, -0.2) is 22.9 Å². The molecule has 0 radical (unpaired) electrons. The van der Waals surface area contributed by atoms with Gasteiger partial charge < -0.3 is 10.6 Å². The van der Waals surface area contributed by atoms with Gasteiger partial charge in [0.15, 0.2) is 0 Å². The number of hydrogen-bond donors (Lipinski definition) is 1. The Morgan fingerprint density at radius 3 is 2.43 bits per heavy atom. The maximum absolute atomic E-state index is 12.9. The van der Waals surface area contributed by atoms with Crippen molar-refractivity contribution in [1.29, 1.82) is 0 Å². The summed E-state index contributed by atoms with van der Waals surface area (Å²) in [5, 5.41) is 0.733. The van der Waals surface area contributed by atoms with E-state index in [1.165, 1.54) is 0 Å². The zero-order chi connectivity index (χ0) is 15.0. The molecule has 2 aliphatic rings. The largest absolute Gasteiger partial charge is 0.333 e. The van der Waals surface area contributed by atoms with Crippen LogP contribution in [0.1, 0.15) is 50.6 Å². The molecule has 1 amide bonds. The predicted octanol–water partition coefficient (Wildman–Crippen LogP) is 3.52. The highest BCUT2D eigenvalue weighted by molar-refractivity contribution is 6.30. The Kier molecular flexibility index (Phi) is 4.23. The summed E-state index contributed by atoms with van der Waals surface area (Å²) in [6.45, 7) is 2.12. The maximum Gasteiger partial charge on any atom is 0.226 e. The highest BCUT2D eigenvalue weighted by atomic mass is 35.5. The van der Waals surface area contributed by atoms with Crippen molar-refractivity contribution in [3.05, 3.63) is 34.9 Å². The van der Waals surface area contributed by atoms with Crippen LogP contribution in [0.5, 0.6) is 0 Å². The van der Waals surface area contributed by atoms with E-state index in [2.05, 4.69) is 11.8 Å². The average Bonchev–Trinajstić information content (AvgIpc) is 3.20. The zero-order valence-electron chi connectivity index (χ0n) is 12.5. The second-order valence-corrected chi connectivity index (χ2v) is 6.91. The lowest BCUT2D eigenvalue weighted by molar-refractivity contribution is -0.138. The lowest BCUT2D eigenvalue weighted by atomic mass is 10.0. The Morgan fingerprint density at radius 1 is 1.24 bits per heavy atom. The molecule has 1 aromatic carbocycles. The first-order valence-electron chi connectivity index (χ1n) is 7.89. The lowest BCUT2D eigenvalue weighted by Crippen LogP contribution is -2.39. The van der Waals surface area contributed by atoms with E-state index < -0.39 is 0 Å². The van der Waals surface area contributed by atoms with Gasteiger partial charge in [-0.1, -0.05) is 23.7 Å². The summed E-state index contributed by atoms with van der Waals surface area (Å²) in [5.74, 6) is 0.420. The van der Waals surface area contributed by atoms with E-state index >= 15 is 0 Å². The summed E-state index contributed by atoms with van der Waals surface area (Å²) in [7, 11) is 0. The number of rotatable bonds is 4. The van der Waals surface area contributed by atoms with Gasteiger partial charge in [0.2, 0.25) is 5.91 Å². The predicted molar refractivity (Wildman–Crippen MR) is 85.1 cm³/mol. The van der Waals surface area contributed by atoms with Crippen molar-refractivity contribution in [2.24, 2.45) is 11.7 Å². The van der Waals surface area contributed by atoms with Crippen LogP contribution in [-0.2, 0) is 4.79 Å². The third-order valence-electron chi connectivity index (χ3n) is 4.79. The minimum absolute atomic E-state index is 0.110. The minimum atomic E-state index is 0.110. The van der Waals surface area contributed by atoms with Gasteiger partial charge in [0.05, 0.1) is 6.04 Å². The van der Waals surface area contributed by atoms with Gasteiger partial charge >= 0.3 is 0 Å². The van der Waals surface area contributed by atoms with Gasteiger partial charge in [0, 0.05) is 23.0 Å². The van der Waals surface area contributed by atoms with Crippen molar-refractivity contribution in [3.63, 3.8) is 0 Å². The maximum atomic E-state index is 12.9. The molecule has 4 heteroatoms. The molecule has 2 N–H and O–H groups in total. The first-order chi connectivity index (χ1) is 10.1. The fourth-order valence-corrected chi connectivity index (χ4v) is 3.52. The van der Waals surface area contributed by atoms with Gasteiger partial charge in [-0.2, -0.15) is 0 Å². The Bertz CT molecular complexity index is 512. The van der Waals surface area contributed by atoms with Crippen LogP contribution in [0, 0.1) is 5.92 Å². The molecule has 2 saturated carbocycles. The number of carbonyl (C=O) groups excluding carboxylic acids is 1. The topological polar surface area (TPSA) is 46.3 Å². The smallest absolute Gasteiger partial charge is 0.226 e. The molecule has 0 bridgehead atoms. The Labute approximate surface area is 131 Å². The Balaban J connectivity index is 1.77. The van der Waals surface area contributed by atoms with Crippen molar-refractivity contribution in [2.75, 3.05) is 0 Å². The summed E-state index contributed by atoms with van der Waals surface area (Å²) in [5.41, 5.74) is 7.13. The van der Waals surface area contributed by atoms with Crippen molar-refractivity contribution >= 4 is 17.5 Å². The molecule has 3 rings (SSSR count). The van der Waals surface area contributed by atoms with E-state index in [0.717, 1.165) is 42.7 Å². The number of benzene rings is 1. The monoisotopic (exact) mass is 306 g/mol. The van der Waals surface area contributed by atoms with Crippen molar-refractivity contribution in [2.45, 2.75) is 57.2 Å². The minimum Gasteiger partial charge on any atom is -0.333 e. The summed E-state index contributed by atoms with van der Waals surface area (Å²) < 4.78 is 0. The van der Waals surface area contributed by atoms with Crippen LogP contribution in [0.4, 0.5) is 0 Å². The van der Waals surface area contributed by atoms with Crippen molar-refractivity contribution < 1.29 is 4.79 Å². The Hall–Kier alpha value is -1.06. The quantitative estimate of drug-likeness (QED) is 0.925. The number of carbonyl (C=O) groups is 1. The lowest BCUT2D eigenvalue weighted by Gasteiger charge is -2.32. The van der Waals surface area contributed by atoms with E-state index in [-0.39, 0.29) is 18.0 Å². The second kappa shape index (κ2) is 5.98. The van der Waals surface area contributed by atoms with E-state index in [9.17, 15) is 4.79 Å². The number of nitrogens with two attached hydrogens (primary N) is 1. The summed E-state index contributed by atoms with van der Waals surface area (Å²) in [4.78, 5) is 15.0. The molecular formula is C17H23ClN2O.